The highest BCUT2D eigenvalue weighted by atomic mass is 14.3. The first kappa shape index (κ1) is 39.0. The number of rotatable bonds is 14. The van der Waals surface area contributed by atoms with Gasteiger partial charge in [0.2, 0.25) is 0 Å². The van der Waals surface area contributed by atoms with Gasteiger partial charge in [-0.05, 0) is 147 Å². The second-order valence-electron chi connectivity index (χ2n) is 15.6. The molecule has 0 heteroatoms. The number of fused-ring (bicyclic) bond motifs is 2. The van der Waals surface area contributed by atoms with Gasteiger partial charge in [-0.25, -0.2) is 0 Å². The van der Waals surface area contributed by atoms with E-state index in [4.69, 9.17) is 0 Å². The average molecular weight is 711 g/mol. The van der Waals surface area contributed by atoms with Gasteiger partial charge in [0, 0.05) is 5.92 Å². The van der Waals surface area contributed by atoms with Crippen molar-refractivity contribution in [2.45, 2.75) is 95.8 Å². The van der Waals surface area contributed by atoms with Crippen molar-refractivity contribution in [1.29, 1.82) is 0 Å². The van der Waals surface area contributed by atoms with Crippen LogP contribution in [0.3, 0.4) is 0 Å². The van der Waals surface area contributed by atoms with E-state index in [0.717, 1.165) is 57.3 Å². The molecule has 278 valence electrons. The predicted octanol–water partition coefficient (Wildman–Crippen LogP) is 15.0. The van der Waals surface area contributed by atoms with Gasteiger partial charge in [0.25, 0.3) is 0 Å². The van der Waals surface area contributed by atoms with Crippen LogP contribution < -0.4 is 0 Å². The summed E-state index contributed by atoms with van der Waals surface area (Å²) in [7, 11) is 0. The van der Waals surface area contributed by atoms with Gasteiger partial charge >= 0.3 is 0 Å². The average Bonchev–Trinajstić information content (AvgIpc) is 3.23. The Morgan fingerprint density at radius 1 is 0.759 bits per heavy atom. The smallest absolute Gasteiger partial charge is 0.0240 e. The molecule has 0 N–H and O–H groups in total. The molecule has 4 atom stereocenters. The highest BCUT2D eigenvalue weighted by Crippen LogP contribution is 2.42. The lowest BCUT2D eigenvalue weighted by molar-refractivity contribution is 0.396. The Morgan fingerprint density at radius 3 is 2.41 bits per heavy atom. The molecule has 6 aliphatic rings. The fourth-order valence-electron chi connectivity index (χ4n) is 9.07. The summed E-state index contributed by atoms with van der Waals surface area (Å²) in [4.78, 5) is 0. The number of benzene rings is 1. The SMILES string of the molecule is C=C/C=C\C=C\C(C1=CC=C(C2=CC=CCC2)CC1)c1ccc(CCC=C)c2c1C=CCC2.C=CCCC1C=C(CC2C=CC=CC2)C=C2C=CCCC21. The maximum Gasteiger partial charge on any atom is 0.0240 e. The Kier molecular flexibility index (Phi) is 15.0. The fraction of sp³-hybridized carbons (Fsp3) is 0.333. The Hall–Kier alpha value is -4.68. The van der Waals surface area contributed by atoms with Crippen molar-refractivity contribution in [3.63, 3.8) is 0 Å². The van der Waals surface area contributed by atoms with Gasteiger partial charge in [-0.1, -0.05) is 164 Å². The van der Waals surface area contributed by atoms with Crippen molar-refractivity contribution in [2.75, 3.05) is 0 Å². The maximum atomic E-state index is 3.93. The van der Waals surface area contributed by atoms with Crippen LogP contribution in [0.15, 0.2) is 187 Å². The molecule has 0 heterocycles. The first-order valence-electron chi connectivity index (χ1n) is 20.8. The molecular weight excluding hydrogens is 649 g/mol. The van der Waals surface area contributed by atoms with Gasteiger partial charge < -0.3 is 0 Å². The molecule has 0 bridgehead atoms. The van der Waals surface area contributed by atoms with E-state index in [1.54, 1.807) is 16.7 Å². The van der Waals surface area contributed by atoms with Crippen LogP contribution in [0.2, 0.25) is 0 Å². The van der Waals surface area contributed by atoms with E-state index in [9.17, 15) is 0 Å². The van der Waals surface area contributed by atoms with E-state index in [1.807, 2.05) is 18.2 Å². The van der Waals surface area contributed by atoms with Gasteiger partial charge in [0.1, 0.15) is 0 Å². The first-order chi connectivity index (χ1) is 26.7. The predicted molar refractivity (Wildman–Crippen MR) is 237 cm³/mol. The Labute approximate surface area is 328 Å². The number of allylic oxidation sites excluding steroid dienone is 26. The maximum absolute atomic E-state index is 3.93. The number of hydrogen-bond donors (Lipinski definition) is 0. The Bertz CT molecular complexity index is 1870. The highest BCUT2D eigenvalue weighted by Gasteiger charge is 2.28. The second kappa shape index (κ2) is 20.7. The van der Waals surface area contributed by atoms with Crippen LogP contribution in [0, 0.1) is 17.8 Å². The molecular formula is C54H62. The minimum absolute atomic E-state index is 0.294. The molecule has 6 aliphatic carbocycles. The molecule has 0 aromatic heterocycles. The second-order valence-corrected chi connectivity index (χ2v) is 15.6. The molecule has 0 radical (unpaired) electrons. The van der Waals surface area contributed by atoms with Crippen molar-refractivity contribution >= 4 is 6.08 Å². The third-order valence-electron chi connectivity index (χ3n) is 11.9. The van der Waals surface area contributed by atoms with E-state index in [1.165, 1.54) is 71.9 Å². The summed E-state index contributed by atoms with van der Waals surface area (Å²) in [6, 6.07) is 4.76. The molecule has 0 fully saturated rings. The topological polar surface area (TPSA) is 0 Å². The fourth-order valence-corrected chi connectivity index (χ4v) is 9.07. The molecule has 1 aromatic rings. The van der Waals surface area contributed by atoms with Crippen molar-refractivity contribution in [2.24, 2.45) is 17.8 Å². The van der Waals surface area contributed by atoms with E-state index in [-0.39, 0.29) is 0 Å². The molecule has 54 heavy (non-hydrogen) atoms. The van der Waals surface area contributed by atoms with Crippen LogP contribution in [-0.4, -0.2) is 0 Å². The lowest BCUT2D eigenvalue weighted by Gasteiger charge is -2.33. The lowest BCUT2D eigenvalue weighted by Crippen LogP contribution is -2.20. The van der Waals surface area contributed by atoms with Gasteiger partial charge in [0.05, 0.1) is 0 Å². The molecule has 7 rings (SSSR count). The minimum Gasteiger partial charge on any atom is -0.103 e. The van der Waals surface area contributed by atoms with Crippen LogP contribution in [0.5, 0.6) is 0 Å². The van der Waals surface area contributed by atoms with Crippen molar-refractivity contribution < 1.29 is 0 Å². The van der Waals surface area contributed by atoms with Gasteiger partial charge in [-0.3, -0.25) is 0 Å². The van der Waals surface area contributed by atoms with Crippen LogP contribution >= 0.6 is 0 Å². The third kappa shape index (κ3) is 10.5. The molecule has 0 aliphatic heterocycles. The highest BCUT2D eigenvalue weighted by molar-refractivity contribution is 5.65. The van der Waals surface area contributed by atoms with Crippen LogP contribution in [0.25, 0.3) is 6.08 Å². The summed E-state index contributed by atoms with van der Waals surface area (Å²) in [5.74, 6) is 2.44. The molecule has 0 amide bonds. The van der Waals surface area contributed by atoms with Crippen LogP contribution in [0.1, 0.15) is 105 Å². The van der Waals surface area contributed by atoms with Crippen molar-refractivity contribution in [3.05, 3.63) is 210 Å². The van der Waals surface area contributed by atoms with Gasteiger partial charge in [0.15, 0.2) is 0 Å². The zero-order valence-corrected chi connectivity index (χ0v) is 32.7. The summed E-state index contributed by atoms with van der Waals surface area (Å²) in [5.41, 5.74) is 13.6. The zero-order chi connectivity index (χ0) is 37.4. The van der Waals surface area contributed by atoms with Gasteiger partial charge in [-0.15, -0.1) is 13.2 Å². The van der Waals surface area contributed by atoms with Gasteiger partial charge in [-0.2, -0.15) is 0 Å². The largest absolute Gasteiger partial charge is 0.103 e. The van der Waals surface area contributed by atoms with Crippen LogP contribution in [0.4, 0.5) is 0 Å². The van der Waals surface area contributed by atoms with E-state index in [0.29, 0.717) is 17.8 Å². The minimum atomic E-state index is 0.294. The van der Waals surface area contributed by atoms with E-state index < -0.39 is 0 Å². The number of aryl methyl sites for hydroxylation is 1. The standard InChI is InChI=1S/C33H36.C21H26/c1-3-5-7-11-17-31(29-22-20-27(21-23-29)26-15-9-8-10-16-26)33-25-24-28(14-6-4-2)30-18-12-13-19-32(30)33;1-2-3-11-19-15-18(14-17-9-5-4-6-10-17)16-20-12-7-8-13-21(19)20/h3-5,7-9,11,13,15,17,19-20,22,24-25,31H,1-2,6,10,12,14,16,18,21,23H2;2,4-7,9,12,15-17,19,21H,1,3,8,10-11,13-14H2/b7-5-,17-11+;. The molecule has 0 nitrogen and oxygen atoms in total. The summed E-state index contributed by atoms with van der Waals surface area (Å²) in [6.07, 6.45) is 65.9. The molecule has 4 unspecified atom stereocenters. The summed E-state index contributed by atoms with van der Waals surface area (Å²) in [5, 5.41) is 0. The molecule has 0 saturated heterocycles. The quantitative estimate of drug-likeness (QED) is 0.133. The normalized spacial score (nSPS) is 23.3. The summed E-state index contributed by atoms with van der Waals surface area (Å²) >= 11 is 0. The monoisotopic (exact) mass is 710 g/mol. The van der Waals surface area contributed by atoms with Crippen molar-refractivity contribution in [1.82, 2.24) is 0 Å². The summed E-state index contributed by atoms with van der Waals surface area (Å²) in [6.45, 7) is 11.6. The molecule has 0 saturated carbocycles. The number of hydrogen-bond acceptors (Lipinski definition) is 0. The van der Waals surface area contributed by atoms with E-state index >= 15 is 0 Å². The summed E-state index contributed by atoms with van der Waals surface area (Å²) < 4.78 is 0. The first-order valence-corrected chi connectivity index (χ1v) is 20.8. The van der Waals surface area contributed by atoms with E-state index in [2.05, 4.69) is 147 Å². The molecule has 1 aromatic carbocycles. The van der Waals surface area contributed by atoms with Crippen LogP contribution in [-0.2, 0) is 12.8 Å². The third-order valence-corrected chi connectivity index (χ3v) is 11.9. The Balaban J connectivity index is 0.000000203. The Morgan fingerprint density at radius 2 is 1.63 bits per heavy atom. The van der Waals surface area contributed by atoms with Crippen molar-refractivity contribution in [3.8, 4) is 0 Å². The lowest BCUT2D eigenvalue weighted by atomic mass is 9.72. The molecule has 0 spiro atoms. The zero-order valence-electron chi connectivity index (χ0n) is 32.7.